The third kappa shape index (κ3) is 2.03. The van der Waals surface area contributed by atoms with Gasteiger partial charge in [-0.3, -0.25) is 0 Å². The van der Waals surface area contributed by atoms with Gasteiger partial charge in [0.2, 0.25) is 10.0 Å². The van der Waals surface area contributed by atoms with Gasteiger partial charge in [-0.25, -0.2) is 17.5 Å². The van der Waals surface area contributed by atoms with Gasteiger partial charge in [-0.05, 0) is 38.9 Å². The largest absolute Gasteiger partial charge is 0.240 e. The second kappa shape index (κ2) is 3.90. The third-order valence-corrected chi connectivity index (χ3v) is 4.05. The van der Waals surface area contributed by atoms with Crippen molar-refractivity contribution in [2.45, 2.75) is 25.7 Å². The van der Waals surface area contributed by atoms with Crippen molar-refractivity contribution < 1.29 is 12.8 Å². The molecule has 1 aromatic rings. The van der Waals surface area contributed by atoms with E-state index in [9.17, 15) is 12.8 Å². The van der Waals surface area contributed by atoms with Crippen LogP contribution in [-0.2, 0) is 10.0 Å². The molecule has 0 saturated carbocycles. The molecule has 15 heavy (non-hydrogen) atoms. The molecular weight excluding hydrogens is 217 g/mol. The summed E-state index contributed by atoms with van der Waals surface area (Å²) in [7, 11) is -2.28. The zero-order valence-electron chi connectivity index (χ0n) is 9.18. The number of nitrogens with one attached hydrogen (secondary N) is 1. The Morgan fingerprint density at radius 2 is 1.73 bits per heavy atom. The summed E-state index contributed by atoms with van der Waals surface area (Å²) < 4.78 is 39.0. The van der Waals surface area contributed by atoms with Gasteiger partial charge >= 0.3 is 0 Å². The molecular formula is C10H14FNO2S. The molecule has 0 fully saturated rings. The fraction of sp³-hybridized carbons (Fsp3) is 0.400. The fourth-order valence-corrected chi connectivity index (χ4v) is 2.84. The summed E-state index contributed by atoms with van der Waals surface area (Å²) in [6.07, 6.45) is 0. The Bertz CT molecular complexity index is 495. The van der Waals surface area contributed by atoms with Gasteiger partial charge in [-0.15, -0.1) is 0 Å². The highest BCUT2D eigenvalue weighted by atomic mass is 32.2. The summed E-state index contributed by atoms with van der Waals surface area (Å²) in [4.78, 5) is 0.0353. The molecule has 1 N–H and O–H groups in total. The Morgan fingerprint density at radius 3 is 2.20 bits per heavy atom. The predicted octanol–water partition coefficient (Wildman–Crippen LogP) is 1.66. The Balaban J connectivity index is 3.65. The molecule has 0 unspecified atom stereocenters. The van der Waals surface area contributed by atoms with Crippen LogP contribution in [0.25, 0.3) is 0 Å². The smallest absolute Gasteiger partial charge is 0.214 e. The topological polar surface area (TPSA) is 46.2 Å². The average molecular weight is 231 g/mol. The van der Waals surface area contributed by atoms with Gasteiger partial charge in [0.1, 0.15) is 5.82 Å². The average Bonchev–Trinajstić information content (AvgIpc) is 2.14. The lowest BCUT2D eigenvalue weighted by Gasteiger charge is -2.12. The van der Waals surface area contributed by atoms with Crippen LogP contribution in [0.2, 0.25) is 0 Å². The van der Waals surface area contributed by atoms with Crippen molar-refractivity contribution >= 4 is 10.0 Å². The van der Waals surface area contributed by atoms with Crippen LogP contribution in [0.3, 0.4) is 0 Å². The van der Waals surface area contributed by atoms with Crippen molar-refractivity contribution in [3.8, 4) is 0 Å². The standard InChI is InChI=1S/C10H14FNO2S/c1-6-5-7(2)10(8(3)9(6)11)15(13,14)12-4/h5,12H,1-4H3. The van der Waals surface area contributed by atoms with E-state index in [1.54, 1.807) is 13.8 Å². The van der Waals surface area contributed by atoms with Crippen LogP contribution in [0, 0.1) is 26.6 Å². The highest BCUT2D eigenvalue weighted by molar-refractivity contribution is 7.89. The number of hydrogen-bond donors (Lipinski definition) is 1. The summed E-state index contributed by atoms with van der Waals surface area (Å²) in [6.45, 7) is 4.74. The molecule has 0 saturated heterocycles. The van der Waals surface area contributed by atoms with Crippen LogP contribution < -0.4 is 4.72 Å². The van der Waals surface area contributed by atoms with Crippen LogP contribution in [0.5, 0.6) is 0 Å². The van der Waals surface area contributed by atoms with E-state index in [1.807, 2.05) is 0 Å². The van der Waals surface area contributed by atoms with Crippen LogP contribution in [0.15, 0.2) is 11.0 Å². The van der Waals surface area contributed by atoms with E-state index in [1.165, 1.54) is 20.0 Å². The van der Waals surface area contributed by atoms with E-state index in [0.717, 1.165) is 0 Å². The molecule has 1 aromatic carbocycles. The van der Waals surface area contributed by atoms with E-state index < -0.39 is 15.8 Å². The molecule has 0 bridgehead atoms. The number of hydrogen-bond acceptors (Lipinski definition) is 2. The van der Waals surface area contributed by atoms with Gasteiger partial charge in [0.05, 0.1) is 4.90 Å². The first kappa shape index (κ1) is 12.1. The molecule has 0 radical (unpaired) electrons. The summed E-state index contributed by atoms with van der Waals surface area (Å²) in [5.74, 6) is -0.463. The van der Waals surface area contributed by atoms with Gasteiger partial charge in [0.15, 0.2) is 0 Å². The molecule has 0 spiro atoms. The normalized spacial score (nSPS) is 11.8. The highest BCUT2D eigenvalue weighted by Gasteiger charge is 2.21. The van der Waals surface area contributed by atoms with Crippen LogP contribution in [0.4, 0.5) is 4.39 Å². The molecule has 0 amide bonds. The lowest BCUT2D eigenvalue weighted by Crippen LogP contribution is -2.21. The first-order valence-electron chi connectivity index (χ1n) is 4.51. The van der Waals surface area contributed by atoms with Gasteiger partial charge in [-0.1, -0.05) is 6.07 Å². The fourth-order valence-electron chi connectivity index (χ4n) is 1.66. The molecule has 5 heteroatoms. The van der Waals surface area contributed by atoms with Crippen molar-refractivity contribution in [2.24, 2.45) is 0 Å². The van der Waals surface area contributed by atoms with Gasteiger partial charge in [-0.2, -0.15) is 0 Å². The quantitative estimate of drug-likeness (QED) is 0.841. The molecule has 0 aliphatic heterocycles. The van der Waals surface area contributed by atoms with Crippen molar-refractivity contribution in [1.82, 2.24) is 4.72 Å². The Labute approximate surface area is 89.4 Å². The zero-order chi connectivity index (χ0) is 11.8. The maximum Gasteiger partial charge on any atom is 0.240 e. The van der Waals surface area contributed by atoms with E-state index in [-0.39, 0.29) is 10.5 Å². The van der Waals surface area contributed by atoms with Gasteiger partial charge < -0.3 is 0 Å². The molecule has 84 valence electrons. The van der Waals surface area contributed by atoms with Crippen molar-refractivity contribution in [3.05, 3.63) is 28.6 Å². The van der Waals surface area contributed by atoms with Crippen molar-refractivity contribution in [1.29, 1.82) is 0 Å². The van der Waals surface area contributed by atoms with E-state index >= 15 is 0 Å². The minimum atomic E-state index is -3.59. The number of aryl methyl sites for hydroxylation is 2. The second-order valence-corrected chi connectivity index (χ2v) is 5.31. The lowest BCUT2D eigenvalue weighted by molar-refractivity contribution is 0.576. The van der Waals surface area contributed by atoms with Crippen LogP contribution in [0.1, 0.15) is 16.7 Å². The lowest BCUT2D eigenvalue weighted by atomic mass is 10.1. The molecule has 0 aromatic heterocycles. The van der Waals surface area contributed by atoms with Crippen molar-refractivity contribution in [2.75, 3.05) is 7.05 Å². The number of rotatable bonds is 2. The minimum absolute atomic E-state index is 0.0353. The summed E-state index contributed by atoms with van der Waals surface area (Å²) in [5.41, 5.74) is 1.18. The summed E-state index contributed by atoms with van der Waals surface area (Å²) in [5, 5.41) is 0. The predicted molar refractivity (Wildman–Crippen MR) is 56.9 cm³/mol. The van der Waals surface area contributed by atoms with Gasteiger partial charge in [0.25, 0.3) is 0 Å². The first-order valence-corrected chi connectivity index (χ1v) is 5.99. The molecule has 0 aliphatic carbocycles. The molecule has 1 rings (SSSR count). The minimum Gasteiger partial charge on any atom is -0.214 e. The van der Waals surface area contributed by atoms with Gasteiger partial charge in [0, 0.05) is 5.56 Å². The first-order chi connectivity index (χ1) is 6.81. The van der Waals surface area contributed by atoms with Crippen LogP contribution >= 0.6 is 0 Å². The van der Waals surface area contributed by atoms with Crippen LogP contribution in [-0.4, -0.2) is 15.5 Å². The second-order valence-electron chi connectivity index (χ2n) is 3.49. The maximum atomic E-state index is 13.5. The Hall–Kier alpha value is -0.940. The Morgan fingerprint density at radius 1 is 1.20 bits per heavy atom. The molecule has 0 aliphatic rings. The van der Waals surface area contributed by atoms with Crippen molar-refractivity contribution in [3.63, 3.8) is 0 Å². The molecule has 3 nitrogen and oxygen atoms in total. The van der Waals surface area contributed by atoms with E-state index in [2.05, 4.69) is 4.72 Å². The Kier molecular flexibility index (Phi) is 3.16. The monoisotopic (exact) mass is 231 g/mol. The molecule has 0 heterocycles. The van der Waals surface area contributed by atoms with E-state index in [4.69, 9.17) is 0 Å². The summed E-state index contributed by atoms with van der Waals surface area (Å²) >= 11 is 0. The number of sulfonamides is 1. The number of halogens is 1. The molecule has 0 atom stereocenters. The van der Waals surface area contributed by atoms with E-state index in [0.29, 0.717) is 11.1 Å². The highest BCUT2D eigenvalue weighted by Crippen LogP contribution is 2.24. The number of benzene rings is 1. The summed E-state index contributed by atoms with van der Waals surface area (Å²) in [6, 6.07) is 1.53. The SMILES string of the molecule is CNS(=O)(=O)c1c(C)cc(C)c(F)c1C. The third-order valence-electron chi connectivity index (χ3n) is 2.34. The zero-order valence-corrected chi connectivity index (χ0v) is 10.00. The maximum absolute atomic E-state index is 13.5.